The minimum absolute atomic E-state index is 0.415. The number of benzene rings is 1. The topological polar surface area (TPSA) is 64.5 Å². The Bertz CT molecular complexity index is 614. The lowest BCUT2D eigenvalue weighted by molar-refractivity contribution is 0.208. The molecule has 1 aromatic heterocycles. The number of rotatable bonds is 4. The molecule has 0 saturated carbocycles. The van der Waals surface area contributed by atoms with Crippen LogP contribution in [0, 0.1) is 13.8 Å². The molecule has 1 unspecified atom stereocenters. The number of aliphatic hydroxyl groups is 1. The van der Waals surface area contributed by atoms with E-state index in [1.54, 1.807) is 13.2 Å². The Morgan fingerprint density at radius 2 is 1.80 bits per heavy atom. The molecule has 0 spiro atoms. The largest absolute Gasteiger partial charge is 0.496 e. The van der Waals surface area contributed by atoms with Gasteiger partial charge in [-0.2, -0.15) is 0 Å². The molecule has 1 aromatic carbocycles. The van der Waals surface area contributed by atoms with Crippen molar-refractivity contribution in [1.82, 2.24) is 9.97 Å². The summed E-state index contributed by atoms with van der Waals surface area (Å²) in [6.07, 6.45) is 0.482. The molecular formula is C15H18N2O3. The average molecular weight is 274 g/mol. The van der Waals surface area contributed by atoms with E-state index in [0.29, 0.717) is 22.9 Å². The van der Waals surface area contributed by atoms with Gasteiger partial charge in [0.05, 0.1) is 19.9 Å². The quantitative estimate of drug-likeness (QED) is 0.926. The third-order valence-electron chi connectivity index (χ3n) is 3.14. The summed E-state index contributed by atoms with van der Waals surface area (Å²) in [5, 5.41) is 10.6. The molecule has 0 amide bonds. The average Bonchev–Trinajstić information content (AvgIpc) is 2.45. The van der Waals surface area contributed by atoms with Gasteiger partial charge in [0.15, 0.2) is 0 Å². The van der Waals surface area contributed by atoms with Gasteiger partial charge in [0, 0.05) is 11.6 Å². The van der Waals surface area contributed by atoms with Gasteiger partial charge in [-0.1, -0.05) is 6.07 Å². The summed E-state index contributed by atoms with van der Waals surface area (Å²) in [7, 11) is 3.11. The maximum absolute atomic E-state index is 10.6. The van der Waals surface area contributed by atoms with E-state index in [9.17, 15) is 5.11 Å². The SMILES string of the molecule is COc1cc(C(O)c2c(C)cc(C)cc2OC)ncn1. The van der Waals surface area contributed by atoms with Gasteiger partial charge in [-0.3, -0.25) is 0 Å². The number of hydrogen-bond acceptors (Lipinski definition) is 5. The van der Waals surface area contributed by atoms with E-state index in [1.807, 2.05) is 26.0 Å². The molecule has 20 heavy (non-hydrogen) atoms. The van der Waals surface area contributed by atoms with Crippen molar-refractivity contribution < 1.29 is 14.6 Å². The van der Waals surface area contributed by atoms with Crippen LogP contribution in [-0.4, -0.2) is 29.3 Å². The molecule has 0 aliphatic heterocycles. The predicted molar refractivity (Wildman–Crippen MR) is 75.1 cm³/mol. The summed E-state index contributed by atoms with van der Waals surface area (Å²) < 4.78 is 10.4. The summed E-state index contributed by atoms with van der Waals surface area (Å²) in [5.74, 6) is 1.06. The van der Waals surface area contributed by atoms with Gasteiger partial charge in [-0.15, -0.1) is 0 Å². The van der Waals surface area contributed by atoms with Gasteiger partial charge < -0.3 is 14.6 Å². The molecular weight excluding hydrogens is 256 g/mol. The lowest BCUT2D eigenvalue weighted by atomic mass is 9.97. The molecule has 0 radical (unpaired) electrons. The summed E-state index contributed by atoms with van der Waals surface area (Å²) in [6.45, 7) is 3.92. The second kappa shape index (κ2) is 5.88. The first-order chi connectivity index (χ1) is 9.56. The predicted octanol–water partition coefficient (Wildman–Crippen LogP) is 2.19. The van der Waals surface area contributed by atoms with E-state index in [2.05, 4.69) is 9.97 Å². The van der Waals surface area contributed by atoms with Crippen molar-refractivity contribution in [3.8, 4) is 11.6 Å². The standard InChI is InChI=1S/C15H18N2O3/c1-9-5-10(2)14(12(6-9)19-3)15(18)11-7-13(20-4)17-8-16-11/h5-8,15,18H,1-4H3. The fourth-order valence-corrected chi connectivity index (χ4v) is 2.22. The number of aromatic nitrogens is 2. The number of aryl methyl sites for hydroxylation is 2. The van der Waals surface area contributed by atoms with Crippen molar-refractivity contribution >= 4 is 0 Å². The summed E-state index contributed by atoms with van der Waals surface area (Å²) in [5.41, 5.74) is 3.21. The Morgan fingerprint density at radius 3 is 2.45 bits per heavy atom. The maximum Gasteiger partial charge on any atom is 0.216 e. The minimum Gasteiger partial charge on any atom is -0.496 e. The van der Waals surface area contributed by atoms with Crippen molar-refractivity contribution in [3.63, 3.8) is 0 Å². The number of nitrogens with zero attached hydrogens (tertiary/aromatic N) is 2. The van der Waals surface area contributed by atoms with Crippen LogP contribution in [0.1, 0.15) is 28.5 Å². The normalized spacial score (nSPS) is 12.1. The zero-order valence-corrected chi connectivity index (χ0v) is 12.0. The minimum atomic E-state index is -0.887. The molecule has 2 aromatic rings. The fraction of sp³-hybridized carbons (Fsp3) is 0.333. The number of hydrogen-bond donors (Lipinski definition) is 1. The van der Waals surface area contributed by atoms with Crippen LogP contribution in [-0.2, 0) is 0 Å². The van der Waals surface area contributed by atoms with Crippen molar-refractivity contribution in [3.05, 3.63) is 46.9 Å². The van der Waals surface area contributed by atoms with Crippen LogP contribution in [0.5, 0.6) is 11.6 Å². The molecule has 2 rings (SSSR count). The van der Waals surface area contributed by atoms with E-state index in [-0.39, 0.29) is 0 Å². The molecule has 0 saturated heterocycles. The third-order valence-corrected chi connectivity index (χ3v) is 3.14. The van der Waals surface area contributed by atoms with Gasteiger partial charge >= 0.3 is 0 Å². The molecule has 0 fully saturated rings. The highest BCUT2D eigenvalue weighted by Gasteiger charge is 2.20. The Kier molecular flexibility index (Phi) is 4.20. The first-order valence-electron chi connectivity index (χ1n) is 6.26. The van der Waals surface area contributed by atoms with E-state index in [4.69, 9.17) is 9.47 Å². The van der Waals surface area contributed by atoms with Gasteiger partial charge in [-0.25, -0.2) is 9.97 Å². The highest BCUT2D eigenvalue weighted by atomic mass is 16.5. The van der Waals surface area contributed by atoms with E-state index in [1.165, 1.54) is 13.4 Å². The Morgan fingerprint density at radius 1 is 1.05 bits per heavy atom. The van der Waals surface area contributed by atoms with E-state index in [0.717, 1.165) is 11.1 Å². The maximum atomic E-state index is 10.6. The van der Waals surface area contributed by atoms with E-state index < -0.39 is 6.10 Å². The van der Waals surface area contributed by atoms with Crippen LogP contribution in [0.25, 0.3) is 0 Å². The molecule has 5 nitrogen and oxygen atoms in total. The molecule has 106 valence electrons. The lowest BCUT2D eigenvalue weighted by Gasteiger charge is -2.18. The second-order valence-electron chi connectivity index (χ2n) is 4.59. The molecule has 1 atom stereocenters. The van der Waals surface area contributed by atoms with Crippen LogP contribution in [0.3, 0.4) is 0 Å². The summed E-state index contributed by atoms with van der Waals surface area (Å²) in [4.78, 5) is 8.04. The van der Waals surface area contributed by atoms with Crippen molar-refractivity contribution in [2.24, 2.45) is 0 Å². The zero-order valence-electron chi connectivity index (χ0n) is 12.0. The molecule has 5 heteroatoms. The van der Waals surface area contributed by atoms with E-state index >= 15 is 0 Å². The monoisotopic (exact) mass is 274 g/mol. The highest BCUT2D eigenvalue weighted by molar-refractivity contribution is 5.47. The van der Waals surface area contributed by atoms with Crippen LogP contribution < -0.4 is 9.47 Å². The van der Waals surface area contributed by atoms with Gasteiger partial charge in [-0.05, 0) is 31.0 Å². The van der Waals surface area contributed by atoms with Crippen molar-refractivity contribution in [2.45, 2.75) is 20.0 Å². The second-order valence-corrected chi connectivity index (χ2v) is 4.59. The molecule has 1 N–H and O–H groups in total. The fourth-order valence-electron chi connectivity index (χ4n) is 2.22. The van der Waals surface area contributed by atoms with Crippen molar-refractivity contribution in [2.75, 3.05) is 14.2 Å². The number of ether oxygens (including phenoxy) is 2. The molecule has 0 aliphatic carbocycles. The zero-order chi connectivity index (χ0) is 14.7. The van der Waals surface area contributed by atoms with Gasteiger partial charge in [0.2, 0.25) is 5.88 Å². The summed E-state index contributed by atoms with van der Waals surface area (Å²) in [6, 6.07) is 5.51. The number of methoxy groups -OCH3 is 2. The smallest absolute Gasteiger partial charge is 0.216 e. The Balaban J connectivity index is 2.49. The van der Waals surface area contributed by atoms with Crippen LogP contribution in [0.2, 0.25) is 0 Å². The van der Waals surface area contributed by atoms with Crippen LogP contribution in [0.4, 0.5) is 0 Å². The molecule has 1 heterocycles. The van der Waals surface area contributed by atoms with Crippen LogP contribution >= 0.6 is 0 Å². The first kappa shape index (κ1) is 14.3. The Hall–Kier alpha value is -2.14. The van der Waals surface area contributed by atoms with Crippen molar-refractivity contribution in [1.29, 1.82) is 0 Å². The highest BCUT2D eigenvalue weighted by Crippen LogP contribution is 2.33. The molecule has 0 bridgehead atoms. The van der Waals surface area contributed by atoms with Gasteiger partial charge in [0.25, 0.3) is 0 Å². The first-order valence-corrected chi connectivity index (χ1v) is 6.26. The third kappa shape index (κ3) is 2.72. The lowest BCUT2D eigenvalue weighted by Crippen LogP contribution is -2.08. The van der Waals surface area contributed by atoms with Gasteiger partial charge in [0.1, 0.15) is 18.2 Å². The number of aliphatic hydroxyl groups excluding tert-OH is 1. The molecule has 0 aliphatic rings. The Labute approximate surface area is 118 Å². The summed E-state index contributed by atoms with van der Waals surface area (Å²) >= 11 is 0. The van der Waals surface area contributed by atoms with Crippen LogP contribution in [0.15, 0.2) is 24.5 Å².